The average Bonchev–Trinajstić information content (AvgIpc) is 2.42. The molecular weight excluding hydrogens is 220 g/mol. The topological polar surface area (TPSA) is 25.2 Å². The molecule has 1 aliphatic rings. The number of nitrogens with zero attached hydrogens (tertiary/aromatic N) is 2. The number of hydrogen-bond donors (Lipinski definition) is 0. The van der Waals surface area contributed by atoms with Gasteiger partial charge >= 0.3 is 0 Å². The molecule has 1 aliphatic heterocycles. The fourth-order valence-corrected chi connectivity index (χ4v) is 2.58. The van der Waals surface area contributed by atoms with Crippen LogP contribution in [0.5, 0.6) is 0 Å². The van der Waals surface area contributed by atoms with Crippen LogP contribution in [0, 0.1) is 0 Å². The maximum Gasteiger partial charge on any atom is 0.0708 e. The molecule has 0 bridgehead atoms. The third-order valence-corrected chi connectivity index (χ3v) is 3.48. The molecule has 0 saturated carbocycles. The zero-order chi connectivity index (χ0) is 11.9. The molecule has 0 aliphatic carbocycles. The number of benzene rings is 2. The lowest BCUT2D eigenvalue weighted by Gasteiger charge is -2.04. The lowest BCUT2D eigenvalue weighted by Crippen LogP contribution is -2.27. The molecule has 3 aromatic rings. The minimum absolute atomic E-state index is 0.907. The summed E-state index contributed by atoms with van der Waals surface area (Å²) < 4.78 is 0. The first-order chi connectivity index (χ1) is 8.90. The SMILES string of the molecule is C1=c2cc3cc4cccnc4cc3cc2=NCC1. The molecular formula is C16H12N2. The lowest BCUT2D eigenvalue weighted by molar-refractivity contribution is 0.963. The Balaban J connectivity index is 2.19. The first kappa shape index (κ1) is 9.77. The molecule has 0 N–H and O–H groups in total. The number of rotatable bonds is 0. The molecule has 0 radical (unpaired) electrons. The van der Waals surface area contributed by atoms with Crippen molar-refractivity contribution in [1.29, 1.82) is 0 Å². The highest BCUT2D eigenvalue weighted by Crippen LogP contribution is 2.19. The molecule has 18 heavy (non-hydrogen) atoms. The van der Waals surface area contributed by atoms with Crippen LogP contribution in [-0.4, -0.2) is 11.5 Å². The molecule has 0 atom stereocenters. The molecule has 2 heteroatoms. The Labute approximate surface area is 104 Å². The van der Waals surface area contributed by atoms with Gasteiger partial charge in [-0.05, 0) is 52.7 Å². The summed E-state index contributed by atoms with van der Waals surface area (Å²) in [7, 11) is 0. The molecule has 1 aromatic heterocycles. The third-order valence-electron chi connectivity index (χ3n) is 3.48. The summed E-state index contributed by atoms with van der Waals surface area (Å²) in [4.78, 5) is 8.98. The molecule has 4 rings (SSSR count). The predicted octanol–water partition coefficient (Wildman–Crippen LogP) is 2.19. The van der Waals surface area contributed by atoms with Gasteiger partial charge < -0.3 is 0 Å². The fourth-order valence-electron chi connectivity index (χ4n) is 2.58. The van der Waals surface area contributed by atoms with Crippen molar-refractivity contribution in [3.63, 3.8) is 0 Å². The van der Waals surface area contributed by atoms with Crippen LogP contribution in [0.15, 0.2) is 47.6 Å². The molecule has 2 nitrogen and oxygen atoms in total. The van der Waals surface area contributed by atoms with E-state index in [0.29, 0.717) is 0 Å². The summed E-state index contributed by atoms with van der Waals surface area (Å²) in [5.74, 6) is 0. The van der Waals surface area contributed by atoms with Crippen molar-refractivity contribution in [2.75, 3.05) is 6.54 Å². The van der Waals surface area contributed by atoms with E-state index in [9.17, 15) is 0 Å². The molecule has 0 amide bonds. The van der Waals surface area contributed by atoms with Gasteiger partial charge in [-0.1, -0.05) is 12.1 Å². The van der Waals surface area contributed by atoms with E-state index in [2.05, 4.69) is 46.4 Å². The Morgan fingerprint density at radius 3 is 2.89 bits per heavy atom. The number of hydrogen-bond acceptors (Lipinski definition) is 2. The number of pyridine rings is 1. The van der Waals surface area contributed by atoms with E-state index in [0.717, 1.165) is 23.8 Å². The van der Waals surface area contributed by atoms with Crippen LogP contribution in [0.4, 0.5) is 0 Å². The van der Waals surface area contributed by atoms with Crippen LogP contribution in [0.2, 0.25) is 0 Å². The summed E-state index contributed by atoms with van der Waals surface area (Å²) in [6, 6.07) is 12.9. The van der Waals surface area contributed by atoms with Crippen LogP contribution in [0.1, 0.15) is 6.42 Å². The summed E-state index contributed by atoms with van der Waals surface area (Å²) in [6.45, 7) is 0.907. The van der Waals surface area contributed by atoms with E-state index in [1.165, 1.54) is 21.4 Å². The Bertz CT molecular complexity index is 805. The van der Waals surface area contributed by atoms with Crippen molar-refractivity contribution in [2.45, 2.75) is 6.42 Å². The third kappa shape index (κ3) is 1.42. The van der Waals surface area contributed by atoms with Crippen molar-refractivity contribution >= 4 is 27.8 Å². The standard InChI is InChI=1S/C16H12N2/c1-3-11-7-13-8-12-4-2-6-18-16(12)10-14(13)9-15(11)17-5-1/h1,3-5,7-10H,2,6H2. The monoisotopic (exact) mass is 232 g/mol. The van der Waals surface area contributed by atoms with Crippen molar-refractivity contribution in [3.8, 4) is 0 Å². The normalized spacial score (nSPS) is 14.0. The molecule has 0 spiro atoms. The summed E-state index contributed by atoms with van der Waals surface area (Å²) in [6.07, 6.45) is 5.16. The van der Waals surface area contributed by atoms with Gasteiger partial charge in [0.2, 0.25) is 0 Å². The molecule has 0 unspecified atom stereocenters. The second-order valence-electron chi connectivity index (χ2n) is 4.68. The van der Waals surface area contributed by atoms with Crippen LogP contribution in [0.3, 0.4) is 0 Å². The van der Waals surface area contributed by atoms with Crippen LogP contribution in [0.25, 0.3) is 27.8 Å². The van der Waals surface area contributed by atoms with E-state index < -0.39 is 0 Å². The zero-order valence-corrected chi connectivity index (χ0v) is 9.93. The van der Waals surface area contributed by atoms with Gasteiger partial charge in [0.1, 0.15) is 0 Å². The van der Waals surface area contributed by atoms with Gasteiger partial charge in [-0.25, -0.2) is 0 Å². The Morgan fingerprint density at radius 2 is 1.89 bits per heavy atom. The minimum atomic E-state index is 0.907. The zero-order valence-electron chi connectivity index (χ0n) is 9.93. The van der Waals surface area contributed by atoms with E-state index in [1.54, 1.807) is 0 Å². The second-order valence-corrected chi connectivity index (χ2v) is 4.68. The van der Waals surface area contributed by atoms with Crippen molar-refractivity contribution in [3.05, 3.63) is 53.2 Å². The summed E-state index contributed by atoms with van der Waals surface area (Å²) in [5.41, 5.74) is 1.05. The van der Waals surface area contributed by atoms with Gasteiger partial charge in [-0.15, -0.1) is 0 Å². The summed E-state index contributed by atoms with van der Waals surface area (Å²) in [5, 5.41) is 6.06. The molecule has 0 fully saturated rings. The van der Waals surface area contributed by atoms with E-state index >= 15 is 0 Å². The Kier molecular flexibility index (Phi) is 1.97. The molecule has 0 saturated heterocycles. The van der Waals surface area contributed by atoms with Gasteiger partial charge in [0.15, 0.2) is 0 Å². The first-order valence-corrected chi connectivity index (χ1v) is 6.23. The fraction of sp³-hybridized carbons (Fsp3) is 0.125. The van der Waals surface area contributed by atoms with Crippen molar-refractivity contribution in [1.82, 2.24) is 4.98 Å². The van der Waals surface area contributed by atoms with E-state index in [-0.39, 0.29) is 0 Å². The number of fused-ring (bicyclic) bond motifs is 3. The highest BCUT2D eigenvalue weighted by atomic mass is 14.7. The first-order valence-electron chi connectivity index (χ1n) is 6.23. The van der Waals surface area contributed by atoms with Gasteiger partial charge in [-0.3, -0.25) is 9.98 Å². The Morgan fingerprint density at radius 1 is 0.944 bits per heavy atom. The van der Waals surface area contributed by atoms with Crippen molar-refractivity contribution in [2.24, 2.45) is 4.99 Å². The highest BCUT2D eigenvalue weighted by Gasteiger charge is 2.01. The largest absolute Gasteiger partial charge is 0.284 e. The van der Waals surface area contributed by atoms with Crippen LogP contribution < -0.4 is 10.6 Å². The van der Waals surface area contributed by atoms with E-state index in [1.807, 2.05) is 12.3 Å². The second kappa shape index (κ2) is 3.64. The molecule has 2 heterocycles. The van der Waals surface area contributed by atoms with Gasteiger partial charge in [0.05, 0.1) is 10.9 Å². The average molecular weight is 232 g/mol. The minimum Gasteiger partial charge on any atom is -0.284 e. The van der Waals surface area contributed by atoms with Crippen LogP contribution in [-0.2, 0) is 0 Å². The predicted molar refractivity (Wildman–Crippen MR) is 74.0 cm³/mol. The summed E-state index contributed by atoms with van der Waals surface area (Å²) >= 11 is 0. The van der Waals surface area contributed by atoms with Crippen LogP contribution >= 0.6 is 0 Å². The number of aromatic nitrogens is 1. The highest BCUT2D eigenvalue weighted by molar-refractivity contribution is 5.96. The van der Waals surface area contributed by atoms with Gasteiger partial charge in [0.25, 0.3) is 0 Å². The quantitative estimate of drug-likeness (QED) is 0.545. The maximum absolute atomic E-state index is 4.57. The molecule has 86 valence electrons. The van der Waals surface area contributed by atoms with Gasteiger partial charge in [-0.2, -0.15) is 0 Å². The van der Waals surface area contributed by atoms with E-state index in [4.69, 9.17) is 0 Å². The maximum atomic E-state index is 4.57. The smallest absolute Gasteiger partial charge is 0.0708 e. The lowest BCUT2D eigenvalue weighted by atomic mass is 10.0. The Hall–Kier alpha value is -2.22. The molecule has 2 aromatic carbocycles. The van der Waals surface area contributed by atoms with Crippen molar-refractivity contribution < 1.29 is 0 Å². The van der Waals surface area contributed by atoms with Gasteiger partial charge in [0, 0.05) is 18.1 Å².